The van der Waals surface area contributed by atoms with Crippen molar-refractivity contribution >= 4 is 28.4 Å². The summed E-state index contributed by atoms with van der Waals surface area (Å²) in [5.41, 5.74) is 2.73. The molecule has 27 heavy (non-hydrogen) atoms. The van der Waals surface area contributed by atoms with Gasteiger partial charge in [0.15, 0.2) is 0 Å². The Hall–Kier alpha value is -2.59. The molecule has 0 saturated carbocycles. The largest absolute Gasteiger partial charge is 0.334 e. The van der Waals surface area contributed by atoms with Crippen LogP contribution in [0.5, 0.6) is 0 Å². The van der Waals surface area contributed by atoms with Crippen molar-refractivity contribution < 1.29 is 4.79 Å². The number of carbonyl (C=O) groups excluding carboxylic acids is 1. The number of carbonyl (C=O) groups is 1. The van der Waals surface area contributed by atoms with E-state index in [9.17, 15) is 9.59 Å². The zero-order chi connectivity index (χ0) is 19.4. The molecule has 0 bridgehead atoms. The van der Waals surface area contributed by atoms with E-state index in [-0.39, 0.29) is 18.0 Å². The SMILES string of the molecule is CCCCN(Cc1cc2cccc(C)c2[nH]c1=O)C(=O)c1ccccc1Cl. The molecule has 1 aromatic heterocycles. The molecule has 1 heterocycles. The maximum absolute atomic E-state index is 13.0. The van der Waals surface area contributed by atoms with E-state index in [0.29, 0.717) is 22.7 Å². The zero-order valence-corrected chi connectivity index (χ0v) is 16.3. The van der Waals surface area contributed by atoms with Crippen molar-refractivity contribution in [1.82, 2.24) is 9.88 Å². The maximum Gasteiger partial charge on any atom is 0.255 e. The third-order valence-corrected chi connectivity index (χ3v) is 5.03. The van der Waals surface area contributed by atoms with Crippen molar-refractivity contribution in [2.75, 3.05) is 6.54 Å². The van der Waals surface area contributed by atoms with Crippen LogP contribution in [-0.2, 0) is 6.54 Å². The number of benzene rings is 2. The normalized spacial score (nSPS) is 10.9. The van der Waals surface area contributed by atoms with Gasteiger partial charge in [-0.1, -0.05) is 55.3 Å². The molecule has 2 aromatic carbocycles. The summed E-state index contributed by atoms with van der Waals surface area (Å²) in [6, 6.07) is 14.8. The predicted octanol–water partition coefficient (Wildman–Crippen LogP) is 4.93. The Morgan fingerprint density at radius 1 is 1.15 bits per heavy atom. The average molecular weight is 383 g/mol. The lowest BCUT2D eigenvalue weighted by molar-refractivity contribution is 0.0740. The molecule has 0 fully saturated rings. The molecular weight excluding hydrogens is 360 g/mol. The second kappa shape index (κ2) is 8.40. The van der Waals surface area contributed by atoms with Crippen molar-refractivity contribution in [2.45, 2.75) is 33.2 Å². The van der Waals surface area contributed by atoms with Gasteiger partial charge in [-0.25, -0.2) is 0 Å². The number of H-pyrrole nitrogens is 1. The second-order valence-electron chi connectivity index (χ2n) is 6.72. The number of rotatable bonds is 6. The van der Waals surface area contributed by atoms with Gasteiger partial charge in [0.2, 0.25) is 0 Å². The number of hydrogen-bond donors (Lipinski definition) is 1. The fourth-order valence-electron chi connectivity index (χ4n) is 3.16. The van der Waals surface area contributed by atoms with E-state index in [1.54, 1.807) is 29.2 Å². The van der Waals surface area contributed by atoms with Crippen molar-refractivity contribution in [3.8, 4) is 0 Å². The first kappa shape index (κ1) is 19.2. The van der Waals surface area contributed by atoms with Crippen LogP contribution in [0.2, 0.25) is 5.02 Å². The number of nitrogens with one attached hydrogen (secondary N) is 1. The topological polar surface area (TPSA) is 53.2 Å². The number of halogens is 1. The van der Waals surface area contributed by atoms with Crippen LogP contribution in [0.3, 0.4) is 0 Å². The van der Waals surface area contributed by atoms with Gasteiger partial charge in [-0.05, 0) is 42.5 Å². The lowest BCUT2D eigenvalue weighted by Gasteiger charge is -2.23. The summed E-state index contributed by atoms with van der Waals surface area (Å²) in [4.78, 5) is 30.3. The molecule has 0 radical (unpaired) electrons. The Labute approximate surface area is 163 Å². The van der Waals surface area contributed by atoms with E-state index in [1.807, 2.05) is 31.2 Å². The van der Waals surface area contributed by atoms with Crippen molar-refractivity contribution in [1.29, 1.82) is 0 Å². The van der Waals surface area contributed by atoms with Gasteiger partial charge in [0.25, 0.3) is 11.5 Å². The molecule has 3 aromatic rings. The minimum absolute atomic E-state index is 0.155. The first-order valence-electron chi connectivity index (χ1n) is 9.16. The van der Waals surface area contributed by atoms with Gasteiger partial charge in [-0.3, -0.25) is 9.59 Å². The highest BCUT2D eigenvalue weighted by Gasteiger charge is 2.19. The van der Waals surface area contributed by atoms with Crippen LogP contribution in [0.25, 0.3) is 10.9 Å². The number of aromatic nitrogens is 1. The third-order valence-electron chi connectivity index (χ3n) is 4.70. The number of hydrogen-bond acceptors (Lipinski definition) is 2. The van der Waals surface area contributed by atoms with Gasteiger partial charge in [0.1, 0.15) is 0 Å². The summed E-state index contributed by atoms with van der Waals surface area (Å²) < 4.78 is 0. The molecule has 0 atom stereocenters. The molecular formula is C22H23ClN2O2. The summed E-state index contributed by atoms with van der Waals surface area (Å²) in [5.74, 6) is -0.155. The van der Waals surface area contributed by atoms with Crippen molar-refractivity contribution in [3.63, 3.8) is 0 Å². The van der Waals surface area contributed by atoms with Crippen LogP contribution in [0.15, 0.2) is 53.3 Å². The molecule has 140 valence electrons. The highest BCUT2D eigenvalue weighted by Crippen LogP contribution is 2.20. The van der Waals surface area contributed by atoms with Gasteiger partial charge in [-0.2, -0.15) is 0 Å². The molecule has 1 N–H and O–H groups in total. The predicted molar refractivity (Wildman–Crippen MR) is 110 cm³/mol. The highest BCUT2D eigenvalue weighted by molar-refractivity contribution is 6.33. The maximum atomic E-state index is 13.0. The molecule has 0 unspecified atom stereocenters. The summed E-state index contributed by atoms with van der Waals surface area (Å²) in [6.45, 7) is 4.87. The fraction of sp³-hybridized carbons (Fsp3) is 0.273. The lowest BCUT2D eigenvalue weighted by Crippen LogP contribution is -2.34. The van der Waals surface area contributed by atoms with Crippen LogP contribution in [-0.4, -0.2) is 22.3 Å². The Bertz CT molecular complexity index is 1030. The Morgan fingerprint density at radius 2 is 1.93 bits per heavy atom. The minimum atomic E-state index is -0.162. The van der Waals surface area contributed by atoms with E-state index in [1.165, 1.54) is 0 Å². The number of para-hydroxylation sites is 1. The number of amides is 1. The molecule has 1 amide bonds. The van der Waals surface area contributed by atoms with Gasteiger partial charge < -0.3 is 9.88 Å². The highest BCUT2D eigenvalue weighted by atomic mass is 35.5. The van der Waals surface area contributed by atoms with E-state index >= 15 is 0 Å². The molecule has 0 aliphatic carbocycles. The monoisotopic (exact) mass is 382 g/mol. The molecule has 0 aliphatic rings. The quantitative estimate of drug-likeness (QED) is 0.657. The van der Waals surface area contributed by atoms with Crippen LogP contribution in [0, 0.1) is 6.92 Å². The van der Waals surface area contributed by atoms with Gasteiger partial charge >= 0.3 is 0 Å². The molecule has 0 spiro atoms. The van der Waals surface area contributed by atoms with Crippen LogP contribution >= 0.6 is 11.6 Å². The average Bonchev–Trinajstić information content (AvgIpc) is 2.66. The summed E-state index contributed by atoms with van der Waals surface area (Å²) >= 11 is 6.21. The van der Waals surface area contributed by atoms with Crippen LogP contribution < -0.4 is 5.56 Å². The van der Waals surface area contributed by atoms with Gasteiger partial charge in [0.05, 0.1) is 22.6 Å². The Morgan fingerprint density at radius 3 is 2.67 bits per heavy atom. The molecule has 3 rings (SSSR count). The van der Waals surface area contributed by atoms with Crippen molar-refractivity contribution in [3.05, 3.63) is 80.6 Å². The third kappa shape index (κ3) is 4.22. The van der Waals surface area contributed by atoms with Crippen LogP contribution in [0.1, 0.15) is 41.3 Å². The standard InChI is InChI=1S/C22H23ClN2O2/c1-3-4-12-25(22(27)18-10-5-6-11-19(18)23)14-17-13-16-9-7-8-15(2)20(16)24-21(17)26/h5-11,13H,3-4,12,14H2,1-2H3,(H,24,26). The van der Waals surface area contributed by atoms with E-state index in [0.717, 1.165) is 29.3 Å². The summed E-state index contributed by atoms with van der Waals surface area (Å²) in [6.07, 6.45) is 1.82. The van der Waals surface area contributed by atoms with Crippen molar-refractivity contribution in [2.24, 2.45) is 0 Å². The lowest BCUT2D eigenvalue weighted by atomic mass is 10.1. The Kier molecular flexibility index (Phi) is 5.97. The zero-order valence-electron chi connectivity index (χ0n) is 15.6. The second-order valence-corrected chi connectivity index (χ2v) is 7.13. The van der Waals surface area contributed by atoms with Gasteiger partial charge in [0, 0.05) is 12.1 Å². The number of pyridine rings is 1. The van der Waals surface area contributed by atoms with Gasteiger partial charge in [-0.15, -0.1) is 0 Å². The number of aryl methyl sites for hydroxylation is 1. The molecule has 5 heteroatoms. The number of aromatic amines is 1. The summed E-state index contributed by atoms with van der Waals surface area (Å²) in [5, 5.41) is 1.39. The number of fused-ring (bicyclic) bond motifs is 1. The molecule has 4 nitrogen and oxygen atoms in total. The van der Waals surface area contributed by atoms with Crippen LogP contribution in [0.4, 0.5) is 0 Å². The summed E-state index contributed by atoms with van der Waals surface area (Å²) in [7, 11) is 0. The molecule has 0 aliphatic heterocycles. The minimum Gasteiger partial charge on any atom is -0.334 e. The fourth-order valence-corrected chi connectivity index (χ4v) is 3.37. The Balaban J connectivity index is 1.96. The first-order valence-corrected chi connectivity index (χ1v) is 9.54. The molecule has 0 saturated heterocycles. The van der Waals surface area contributed by atoms with E-state index < -0.39 is 0 Å². The smallest absolute Gasteiger partial charge is 0.255 e. The number of nitrogens with zero attached hydrogens (tertiary/aromatic N) is 1. The first-order chi connectivity index (χ1) is 13.0. The van der Waals surface area contributed by atoms with E-state index in [4.69, 9.17) is 11.6 Å². The van der Waals surface area contributed by atoms with E-state index in [2.05, 4.69) is 11.9 Å². The number of unbranched alkanes of at least 4 members (excludes halogenated alkanes) is 1.